The zero-order valence-corrected chi connectivity index (χ0v) is 16.1. The minimum Gasteiger partial charge on any atom is -0.457 e. The van der Waals surface area contributed by atoms with Crippen molar-refractivity contribution in [2.24, 2.45) is 0 Å². The van der Waals surface area contributed by atoms with Crippen LogP contribution in [-0.2, 0) is 12.8 Å². The van der Waals surface area contributed by atoms with E-state index in [2.05, 4.69) is 9.72 Å². The maximum absolute atomic E-state index is 12.9. The maximum atomic E-state index is 12.9. The highest BCUT2D eigenvalue weighted by atomic mass is 19.4. The number of para-hydroxylation sites is 1. The number of ether oxygens (including phenoxy) is 2. The fourth-order valence-electron chi connectivity index (χ4n) is 3.93. The van der Waals surface area contributed by atoms with Gasteiger partial charge < -0.3 is 14.5 Å². The monoisotopic (exact) mass is 423 g/mol. The number of benzene rings is 3. The van der Waals surface area contributed by atoms with E-state index in [1.807, 2.05) is 36.4 Å². The second-order valence-electron chi connectivity index (χ2n) is 7.29. The Morgan fingerprint density at radius 2 is 1.55 bits per heavy atom. The molecular weight excluding hydrogens is 407 g/mol. The highest BCUT2D eigenvalue weighted by Crippen LogP contribution is 2.35. The molecule has 0 bridgehead atoms. The second-order valence-corrected chi connectivity index (χ2v) is 7.29. The van der Waals surface area contributed by atoms with Gasteiger partial charge >= 0.3 is 6.36 Å². The third-order valence-corrected chi connectivity index (χ3v) is 5.29. The van der Waals surface area contributed by atoms with Gasteiger partial charge in [-0.2, -0.15) is 0 Å². The van der Waals surface area contributed by atoms with Crippen molar-refractivity contribution in [3.05, 3.63) is 88.1 Å². The number of pyridine rings is 1. The number of aromatic nitrogens is 1. The first-order chi connectivity index (χ1) is 14.9. The Labute approximate surface area is 174 Å². The van der Waals surface area contributed by atoms with Gasteiger partial charge in [-0.05, 0) is 73.0 Å². The lowest BCUT2D eigenvalue weighted by molar-refractivity contribution is -0.274. The molecule has 1 aliphatic rings. The molecule has 5 rings (SSSR count). The van der Waals surface area contributed by atoms with Crippen molar-refractivity contribution < 1.29 is 22.6 Å². The first-order valence-electron chi connectivity index (χ1n) is 9.68. The van der Waals surface area contributed by atoms with Crippen LogP contribution in [0.4, 0.5) is 13.2 Å². The quantitative estimate of drug-likeness (QED) is 0.441. The predicted octanol–water partition coefficient (Wildman–Crippen LogP) is 5.98. The van der Waals surface area contributed by atoms with E-state index in [4.69, 9.17) is 4.74 Å². The third-order valence-electron chi connectivity index (χ3n) is 5.29. The van der Waals surface area contributed by atoms with Crippen LogP contribution in [0.15, 0.2) is 71.5 Å². The number of aryl methyl sites for hydroxylation is 1. The number of nitrogens with one attached hydrogen (secondary N) is 1. The fraction of sp³-hybridized carbons (Fsp3) is 0.125. The lowest BCUT2D eigenvalue weighted by Crippen LogP contribution is -2.17. The topological polar surface area (TPSA) is 51.3 Å². The van der Waals surface area contributed by atoms with Crippen LogP contribution in [0.5, 0.6) is 17.2 Å². The molecule has 0 atom stereocenters. The zero-order valence-electron chi connectivity index (χ0n) is 16.1. The van der Waals surface area contributed by atoms with Gasteiger partial charge in [-0.15, -0.1) is 13.2 Å². The molecule has 1 aromatic heterocycles. The number of H-pyrrole nitrogens is 1. The highest BCUT2D eigenvalue weighted by molar-refractivity contribution is 5.84. The Morgan fingerprint density at radius 1 is 0.839 bits per heavy atom. The van der Waals surface area contributed by atoms with E-state index in [0.29, 0.717) is 29.7 Å². The molecule has 0 aliphatic heterocycles. The molecule has 0 spiro atoms. The molecule has 3 aromatic carbocycles. The summed E-state index contributed by atoms with van der Waals surface area (Å²) in [5.41, 5.74) is 4.43. The summed E-state index contributed by atoms with van der Waals surface area (Å²) in [5.74, 6) is 0.651. The summed E-state index contributed by atoms with van der Waals surface area (Å²) in [6, 6.07) is 18.3. The normalized spacial score (nSPS) is 12.9. The van der Waals surface area contributed by atoms with Crippen LogP contribution in [0.3, 0.4) is 0 Å². The van der Waals surface area contributed by atoms with Crippen LogP contribution < -0.4 is 14.9 Å². The number of halogens is 3. The fourth-order valence-corrected chi connectivity index (χ4v) is 3.93. The third kappa shape index (κ3) is 3.74. The van der Waals surface area contributed by atoms with E-state index in [-0.39, 0.29) is 11.2 Å². The summed E-state index contributed by atoms with van der Waals surface area (Å²) in [5, 5.41) is 0.683. The molecular formula is C24H16F3NO3. The van der Waals surface area contributed by atoms with Gasteiger partial charge in [0.25, 0.3) is 0 Å². The van der Waals surface area contributed by atoms with Gasteiger partial charge in [0.1, 0.15) is 17.2 Å². The molecule has 4 aromatic rings. The first kappa shape index (κ1) is 19.2. The molecule has 0 saturated heterocycles. The number of fused-ring (bicyclic) bond motifs is 4. The number of alkyl halides is 3. The summed E-state index contributed by atoms with van der Waals surface area (Å²) in [4.78, 5) is 16.3. The van der Waals surface area contributed by atoms with E-state index in [9.17, 15) is 18.0 Å². The molecule has 0 saturated carbocycles. The predicted molar refractivity (Wildman–Crippen MR) is 111 cm³/mol. The average Bonchev–Trinajstić information content (AvgIpc) is 2.74. The largest absolute Gasteiger partial charge is 0.573 e. The van der Waals surface area contributed by atoms with Crippen molar-refractivity contribution in [3.8, 4) is 28.5 Å². The van der Waals surface area contributed by atoms with Crippen molar-refractivity contribution in [3.63, 3.8) is 0 Å². The molecule has 0 radical (unpaired) electrons. The highest BCUT2D eigenvalue weighted by Gasteiger charge is 2.31. The second kappa shape index (κ2) is 7.19. The van der Waals surface area contributed by atoms with Crippen LogP contribution in [-0.4, -0.2) is 11.3 Å². The summed E-state index contributed by atoms with van der Waals surface area (Å²) in [6.07, 6.45) is -3.42. The number of aromatic amines is 1. The molecule has 0 amide bonds. The number of rotatable bonds is 3. The molecule has 4 nitrogen and oxygen atoms in total. The molecule has 1 aliphatic carbocycles. The smallest absolute Gasteiger partial charge is 0.457 e. The van der Waals surface area contributed by atoms with Crippen molar-refractivity contribution in [2.75, 3.05) is 0 Å². The van der Waals surface area contributed by atoms with Crippen LogP contribution >= 0.6 is 0 Å². The zero-order chi connectivity index (χ0) is 21.6. The Bertz CT molecular complexity index is 1340. The molecule has 1 N–H and O–H groups in total. The molecule has 31 heavy (non-hydrogen) atoms. The van der Waals surface area contributed by atoms with E-state index in [0.717, 1.165) is 27.9 Å². The van der Waals surface area contributed by atoms with Crippen molar-refractivity contribution in [1.29, 1.82) is 0 Å². The SMILES string of the molecule is O=c1c2c([nH]c3ccccc13)-c1ccc(Oc3ccc(OC(F)(F)F)cc3)cc1CC2. The Kier molecular flexibility index (Phi) is 4.46. The van der Waals surface area contributed by atoms with Crippen molar-refractivity contribution in [1.82, 2.24) is 4.98 Å². The molecule has 1 heterocycles. The van der Waals surface area contributed by atoms with Gasteiger partial charge in [0.2, 0.25) is 0 Å². The van der Waals surface area contributed by atoms with Gasteiger partial charge in [0, 0.05) is 22.0 Å². The van der Waals surface area contributed by atoms with Gasteiger partial charge in [-0.25, -0.2) is 0 Å². The van der Waals surface area contributed by atoms with Crippen LogP contribution in [0, 0.1) is 0 Å². The molecule has 0 fully saturated rings. The summed E-state index contributed by atoms with van der Waals surface area (Å²) in [6.45, 7) is 0. The summed E-state index contributed by atoms with van der Waals surface area (Å²) >= 11 is 0. The van der Waals surface area contributed by atoms with Crippen molar-refractivity contribution >= 4 is 10.9 Å². The van der Waals surface area contributed by atoms with Gasteiger partial charge in [-0.1, -0.05) is 12.1 Å². The first-order valence-corrected chi connectivity index (χ1v) is 9.68. The number of hydrogen-bond acceptors (Lipinski definition) is 3. The molecule has 0 unspecified atom stereocenters. The van der Waals surface area contributed by atoms with E-state index in [1.165, 1.54) is 24.3 Å². The molecule has 7 heteroatoms. The van der Waals surface area contributed by atoms with Gasteiger partial charge in [0.15, 0.2) is 5.43 Å². The average molecular weight is 423 g/mol. The number of hydrogen-bond donors (Lipinski definition) is 1. The lowest BCUT2D eigenvalue weighted by Gasteiger charge is -2.21. The summed E-state index contributed by atoms with van der Waals surface area (Å²) < 4.78 is 46.5. The Hall–Kier alpha value is -3.74. The summed E-state index contributed by atoms with van der Waals surface area (Å²) in [7, 11) is 0. The van der Waals surface area contributed by atoms with Crippen LogP contribution in [0.25, 0.3) is 22.2 Å². The van der Waals surface area contributed by atoms with E-state index in [1.54, 1.807) is 6.07 Å². The Balaban J connectivity index is 1.44. The van der Waals surface area contributed by atoms with Gasteiger partial charge in [0.05, 0.1) is 5.69 Å². The minimum atomic E-state index is -4.73. The minimum absolute atomic E-state index is 0.0523. The van der Waals surface area contributed by atoms with Crippen molar-refractivity contribution in [2.45, 2.75) is 19.2 Å². The van der Waals surface area contributed by atoms with Crippen LogP contribution in [0.2, 0.25) is 0 Å². The Morgan fingerprint density at radius 3 is 2.32 bits per heavy atom. The van der Waals surface area contributed by atoms with E-state index >= 15 is 0 Å². The lowest BCUT2D eigenvalue weighted by atomic mass is 9.88. The standard InChI is InChI=1S/C24H16F3NO3/c25-24(26,27)31-16-8-6-15(7-9-16)30-17-10-12-18-14(13-17)5-11-20-22(18)28-21-4-2-1-3-19(21)23(20)29/h1-4,6-10,12-13H,5,11H2,(H,28,29). The van der Waals surface area contributed by atoms with Gasteiger partial charge in [-0.3, -0.25) is 4.79 Å². The molecule has 156 valence electrons. The van der Waals surface area contributed by atoms with Crippen LogP contribution in [0.1, 0.15) is 11.1 Å². The van der Waals surface area contributed by atoms with E-state index < -0.39 is 6.36 Å². The maximum Gasteiger partial charge on any atom is 0.573 e.